The first-order chi connectivity index (χ1) is 13.4. The fraction of sp³-hybridized carbons (Fsp3) is 0.190. The minimum absolute atomic E-state index is 0.158. The number of aliphatic hydroxyl groups is 1. The number of unbranched alkanes of at least 4 members (excludes halogenated alkanes) is 1. The highest BCUT2D eigenvalue weighted by atomic mass is 16.5. The summed E-state index contributed by atoms with van der Waals surface area (Å²) < 4.78 is 7.67. The molecule has 0 saturated carbocycles. The van der Waals surface area contributed by atoms with Crippen molar-refractivity contribution in [1.82, 2.24) is 19.8 Å². The molecule has 0 aliphatic heterocycles. The topological polar surface area (TPSA) is 72.5 Å². The lowest BCUT2D eigenvalue weighted by Gasteiger charge is -2.11. The first kappa shape index (κ1) is 17.2. The lowest BCUT2D eigenvalue weighted by atomic mass is 10.1. The van der Waals surface area contributed by atoms with E-state index in [4.69, 9.17) is 14.9 Å². The average molecular weight is 360 g/mol. The maximum atomic E-state index is 8.98. The van der Waals surface area contributed by atoms with Gasteiger partial charge in [-0.05, 0) is 24.5 Å². The Morgan fingerprint density at radius 1 is 0.852 bits per heavy atom. The van der Waals surface area contributed by atoms with Gasteiger partial charge in [-0.25, -0.2) is 0 Å². The maximum Gasteiger partial charge on any atom is 0.239 e. The van der Waals surface area contributed by atoms with E-state index < -0.39 is 0 Å². The predicted molar refractivity (Wildman–Crippen MR) is 103 cm³/mol. The molecule has 1 N–H and O–H groups in total. The van der Waals surface area contributed by atoms with E-state index in [0.717, 1.165) is 23.1 Å². The highest BCUT2D eigenvalue weighted by molar-refractivity contribution is 5.72. The minimum Gasteiger partial charge on any atom is -0.476 e. The molecule has 2 aromatic carbocycles. The number of fused-ring (bicyclic) bond motifs is 1. The maximum absolute atomic E-state index is 8.98. The molecule has 0 aliphatic carbocycles. The molecule has 2 aromatic heterocycles. The van der Waals surface area contributed by atoms with Gasteiger partial charge in [-0.1, -0.05) is 60.7 Å². The van der Waals surface area contributed by atoms with Crippen LogP contribution >= 0.6 is 0 Å². The molecule has 0 spiro atoms. The van der Waals surface area contributed by atoms with Crippen LogP contribution in [0, 0.1) is 0 Å². The fourth-order valence-electron chi connectivity index (χ4n) is 2.90. The molecule has 6 heteroatoms. The van der Waals surface area contributed by atoms with E-state index >= 15 is 0 Å². The van der Waals surface area contributed by atoms with Gasteiger partial charge in [0.15, 0.2) is 11.5 Å². The zero-order valence-corrected chi connectivity index (χ0v) is 14.8. The molecule has 0 atom stereocenters. The summed E-state index contributed by atoms with van der Waals surface area (Å²) in [7, 11) is 0. The van der Waals surface area contributed by atoms with Crippen LogP contribution in [0.4, 0.5) is 0 Å². The SMILES string of the molecule is OCCCCOc1nn2c(-c3ccccc3)nnc2cc1-c1ccccc1. The van der Waals surface area contributed by atoms with Crippen LogP contribution in [-0.4, -0.2) is 38.1 Å². The molecular formula is C21H20N4O2. The summed E-state index contributed by atoms with van der Waals surface area (Å²) in [6, 6.07) is 21.8. The Morgan fingerprint density at radius 2 is 1.56 bits per heavy atom. The van der Waals surface area contributed by atoms with Gasteiger partial charge >= 0.3 is 0 Å². The molecule has 6 nitrogen and oxygen atoms in total. The van der Waals surface area contributed by atoms with Crippen molar-refractivity contribution in [3.63, 3.8) is 0 Å². The van der Waals surface area contributed by atoms with Gasteiger partial charge < -0.3 is 9.84 Å². The summed E-state index contributed by atoms with van der Waals surface area (Å²) in [5.74, 6) is 1.20. The van der Waals surface area contributed by atoms with Crippen molar-refractivity contribution in [1.29, 1.82) is 0 Å². The second-order valence-electron chi connectivity index (χ2n) is 6.17. The smallest absolute Gasteiger partial charge is 0.239 e. The van der Waals surface area contributed by atoms with E-state index in [1.807, 2.05) is 66.7 Å². The van der Waals surface area contributed by atoms with Crippen LogP contribution < -0.4 is 4.74 Å². The summed E-state index contributed by atoms with van der Waals surface area (Å²) in [5, 5.41) is 22.3. The van der Waals surface area contributed by atoms with E-state index in [2.05, 4.69) is 10.2 Å². The monoisotopic (exact) mass is 360 g/mol. The number of hydrogen-bond acceptors (Lipinski definition) is 5. The summed E-state index contributed by atoms with van der Waals surface area (Å²) >= 11 is 0. The summed E-state index contributed by atoms with van der Waals surface area (Å²) in [5.41, 5.74) is 3.49. The first-order valence-corrected chi connectivity index (χ1v) is 8.98. The van der Waals surface area contributed by atoms with Gasteiger partial charge in [-0.3, -0.25) is 0 Å². The van der Waals surface area contributed by atoms with Crippen LogP contribution in [0.1, 0.15) is 12.8 Å². The molecular weight excluding hydrogens is 340 g/mol. The van der Waals surface area contributed by atoms with Crippen LogP contribution in [0.2, 0.25) is 0 Å². The van der Waals surface area contributed by atoms with Crippen LogP contribution in [-0.2, 0) is 0 Å². The van der Waals surface area contributed by atoms with Crippen molar-refractivity contribution < 1.29 is 9.84 Å². The molecule has 2 heterocycles. The predicted octanol–water partition coefficient (Wildman–Crippen LogP) is 3.61. The summed E-state index contributed by atoms with van der Waals surface area (Å²) in [6.07, 6.45) is 1.46. The van der Waals surface area contributed by atoms with E-state index in [9.17, 15) is 0 Å². The summed E-state index contributed by atoms with van der Waals surface area (Å²) in [6.45, 7) is 0.645. The van der Waals surface area contributed by atoms with Gasteiger partial charge in [0.1, 0.15) is 0 Å². The number of benzene rings is 2. The molecule has 0 bridgehead atoms. The summed E-state index contributed by atoms with van der Waals surface area (Å²) in [4.78, 5) is 0. The van der Waals surface area contributed by atoms with E-state index in [1.54, 1.807) is 4.52 Å². The Bertz CT molecular complexity index is 1020. The number of rotatable bonds is 7. The number of ether oxygens (including phenoxy) is 1. The molecule has 27 heavy (non-hydrogen) atoms. The van der Waals surface area contributed by atoms with E-state index in [1.165, 1.54) is 0 Å². The molecule has 0 amide bonds. The zero-order chi connectivity index (χ0) is 18.5. The molecule has 0 aliphatic rings. The molecule has 0 saturated heterocycles. The van der Waals surface area contributed by atoms with Gasteiger partial charge in [0.25, 0.3) is 0 Å². The highest BCUT2D eigenvalue weighted by Gasteiger charge is 2.15. The van der Waals surface area contributed by atoms with Gasteiger partial charge in [0, 0.05) is 17.7 Å². The van der Waals surface area contributed by atoms with Gasteiger partial charge in [0.05, 0.1) is 6.61 Å². The van der Waals surface area contributed by atoms with Crippen molar-refractivity contribution in [3.05, 3.63) is 66.7 Å². The number of hydrogen-bond donors (Lipinski definition) is 1. The molecule has 4 aromatic rings. The van der Waals surface area contributed by atoms with Crippen LogP contribution in [0.5, 0.6) is 5.88 Å². The Hall–Kier alpha value is -3.25. The Morgan fingerprint density at radius 3 is 2.26 bits per heavy atom. The lowest BCUT2D eigenvalue weighted by Crippen LogP contribution is -2.05. The first-order valence-electron chi connectivity index (χ1n) is 8.98. The van der Waals surface area contributed by atoms with Crippen molar-refractivity contribution in [2.75, 3.05) is 13.2 Å². The van der Waals surface area contributed by atoms with Gasteiger partial charge in [-0.15, -0.1) is 15.3 Å². The van der Waals surface area contributed by atoms with E-state index in [-0.39, 0.29) is 6.61 Å². The number of nitrogens with zero attached hydrogens (tertiary/aromatic N) is 4. The molecule has 0 fully saturated rings. The van der Waals surface area contributed by atoms with Crippen molar-refractivity contribution in [2.24, 2.45) is 0 Å². The van der Waals surface area contributed by atoms with Crippen molar-refractivity contribution in [3.8, 4) is 28.4 Å². The third-order valence-electron chi connectivity index (χ3n) is 4.27. The Labute approximate surface area is 157 Å². The normalized spacial score (nSPS) is 11.0. The van der Waals surface area contributed by atoms with Gasteiger partial charge in [0.2, 0.25) is 5.88 Å². The third-order valence-corrected chi connectivity index (χ3v) is 4.27. The second-order valence-corrected chi connectivity index (χ2v) is 6.17. The Balaban J connectivity index is 1.79. The van der Waals surface area contributed by atoms with E-state index in [0.29, 0.717) is 30.4 Å². The third kappa shape index (κ3) is 3.66. The largest absolute Gasteiger partial charge is 0.476 e. The van der Waals surface area contributed by atoms with Gasteiger partial charge in [-0.2, -0.15) is 4.52 Å². The number of aliphatic hydroxyl groups excluding tert-OH is 1. The van der Waals surface area contributed by atoms with Crippen molar-refractivity contribution >= 4 is 5.65 Å². The van der Waals surface area contributed by atoms with Crippen LogP contribution in [0.3, 0.4) is 0 Å². The molecule has 136 valence electrons. The standard InChI is InChI=1S/C21H20N4O2/c26-13-7-8-14-27-21-18(16-9-3-1-4-10-16)15-19-22-23-20(25(19)24-21)17-11-5-2-6-12-17/h1-6,9-12,15,26H,7-8,13-14H2. The molecule has 0 unspecified atom stereocenters. The van der Waals surface area contributed by atoms with Crippen LogP contribution in [0.25, 0.3) is 28.2 Å². The van der Waals surface area contributed by atoms with Crippen molar-refractivity contribution in [2.45, 2.75) is 12.8 Å². The molecule has 4 rings (SSSR count). The average Bonchev–Trinajstić information content (AvgIpc) is 3.15. The van der Waals surface area contributed by atoms with Crippen LogP contribution in [0.15, 0.2) is 66.7 Å². The minimum atomic E-state index is 0.158. The highest BCUT2D eigenvalue weighted by Crippen LogP contribution is 2.30. The lowest BCUT2D eigenvalue weighted by molar-refractivity contribution is 0.248. The fourth-order valence-corrected chi connectivity index (χ4v) is 2.90. The Kier molecular flexibility index (Phi) is 5.07. The second kappa shape index (κ2) is 7.97. The molecule has 0 radical (unpaired) electrons. The number of aromatic nitrogens is 4. The quantitative estimate of drug-likeness (QED) is 0.510. The zero-order valence-electron chi connectivity index (χ0n) is 14.8.